The molecule has 102 valence electrons. The molecule has 2 rings (SSSR count). The van der Waals surface area contributed by atoms with Crippen LogP contribution in [0.25, 0.3) is 0 Å². The van der Waals surface area contributed by atoms with Crippen LogP contribution in [0, 0.1) is 17.2 Å². The van der Waals surface area contributed by atoms with Crippen LogP contribution in [0.15, 0.2) is 18.2 Å². The van der Waals surface area contributed by atoms with E-state index in [2.05, 4.69) is 24.9 Å². The van der Waals surface area contributed by atoms with Crippen molar-refractivity contribution < 1.29 is 0 Å². The lowest BCUT2D eigenvalue weighted by atomic mass is 9.84. The first-order chi connectivity index (χ1) is 9.15. The van der Waals surface area contributed by atoms with Gasteiger partial charge in [0.1, 0.15) is 0 Å². The molecule has 3 nitrogen and oxygen atoms in total. The summed E-state index contributed by atoms with van der Waals surface area (Å²) in [5.74, 6) is 0.906. The van der Waals surface area contributed by atoms with Crippen LogP contribution in [0.5, 0.6) is 0 Å². The maximum atomic E-state index is 8.88. The van der Waals surface area contributed by atoms with E-state index < -0.39 is 0 Å². The highest BCUT2D eigenvalue weighted by Gasteiger charge is 2.24. The normalized spacial score (nSPS) is 22.8. The molecule has 1 saturated carbocycles. The summed E-state index contributed by atoms with van der Waals surface area (Å²) >= 11 is 0. The van der Waals surface area contributed by atoms with Crippen LogP contribution in [-0.4, -0.2) is 13.1 Å². The Morgan fingerprint density at radius 2 is 2.00 bits per heavy atom. The summed E-state index contributed by atoms with van der Waals surface area (Å²) in [5, 5.41) is 8.88. The molecule has 1 aliphatic rings. The zero-order valence-electron chi connectivity index (χ0n) is 11.9. The molecule has 0 unspecified atom stereocenters. The third-order valence-electron chi connectivity index (χ3n) is 4.48. The summed E-state index contributed by atoms with van der Waals surface area (Å²) in [4.78, 5) is 2.29. The summed E-state index contributed by atoms with van der Waals surface area (Å²) in [6.45, 7) is 2.29. The highest BCUT2D eigenvalue weighted by molar-refractivity contribution is 5.69. The number of nitrogens with two attached hydrogens (primary N) is 1. The number of hydrogen-bond donors (Lipinski definition) is 1. The van der Waals surface area contributed by atoms with Crippen LogP contribution < -0.4 is 10.6 Å². The molecule has 0 bridgehead atoms. The molecule has 0 spiro atoms. The van der Waals surface area contributed by atoms with E-state index in [0.29, 0.717) is 17.3 Å². The Labute approximate surface area is 116 Å². The predicted octanol–water partition coefficient (Wildman–Crippen LogP) is 3.55. The van der Waals surface area contributed by atoms with E-state index in [-0.39, 0.29) is 0 Å². The average Bonchev–Trinajstić information content (AvgIpc) is 2.46. The minimum absolute atomic E-state index is 0.582. The van der Waals surface area contributed by atoms with Crippen molar-refractivity contribution >= 4 is 11.4 Å². The molecule has 0 heterocycles. The molecule has 0 saturated heterocycles. The van der Waals surface area contributed by atoms with Gasteiger partial charge in [-0.3, -0.25) is 0 Å². The van der Waals surface area contributed by atoms with Gasteiger partial charge in [0.15, 0.2) is 0 Å². The van der Waals surface area contributed by atoms with E-state index in [0.717, 1.165) is 11.6 Å². The van der Waals surface area contributed by atoms with Crippen molar-refractivity contribution in [2.24, 2.45) is 5.92 Å². The smallest absolute Gasteiger partial charge is 0.0992 e. The van der Waals surface area contributed by atoms with Gasteiger partial charge in [-0.05, 0) is 49.8 Å². The fraction of sp³-hybridized carbons (Fsp3) is 0.562. The first-order valence-electron chi connectivity index (χ1n) is 7.18. The van der Waals surface area contributed by atoms with Crippen LogP contribution in [0.2, 0.25) is 0 Å². The topological polar surface area (TPSA) is 53.0 Å². The van der Waals surface area contributed by atoms with E-state index >= 15 is 0 Å². The highest BCUT2D eigenvalue weighted by Crippen LogP contribution is 2.33. The van der Waals surface area contributed by atoms with Crippen molar-refractivity contribution in [3.05, 3.63) is 23.8 Å². The molecular weight excluding hydrogens is 234 g/mol. The molecule has 19 heavy (non-hydrogen) atoms. The van der Waals surface area contributed by atoms with Gasteiger partial charge in [0.25, 0.3) is 0 Å². The van der Waals surface area contributed by atoms with Crippen LogP contribution in [0.1, 0.15) is 44.6 Å². The van der Waals surface area contributed by atoms with E-state index in [9.17, 15) is 0 Å². The second-order valence-corrected chi connectivity index (χ2v) is 5.58. The Hall–Kier alpha value is -1.69. The molecule has 1 aromatic rings. The Bertz CT molecular complexity index is 467. The van der Waals surface area contributed by atoms with Gasteiger partial charge in [-0.1, -0.05) is 13.3 Å². The number of nitrogen functional groups attached to an aromatic ring is 1. The Balaban J connectivity index is 2.08. The molecule has 1 aromatic carbocycles. The van der Waals surface area contributed by atoms with Crippen LogP contribution in [0.4, 0.5) is 11.4 Å². The standard InChI is InChI=1S/C16H23N3/c1-3-12-4-7-14(8-5-12)19(2)16-9-6-13(11-17)10-15(16)18/h6,9-10,12,14H,3-5,7-8,18H2,1-2H3. The van der Waals surface area contributed by atoms with Crippen molar-refractivity contribution in [1.29, 1.82) is 5.26 Å². The number of anilines is 2. The first kappa shape index (κ1) is 13.7. The minimum Gasteiger partial charge on any atom is -0.397 e. The van der Waals surface area contributed by atoms with Crippen molar-refractivity contribution in [2.45, 2.75) is 45.1 Å². The molecule has 1 fully saturated rings. The lowest BCUT2D eigenvalue weighted by Gasteiger charge is -2.36. The number of rotatable bonds is 3. The van der Waals surface area contributed by atoms with Gasteiger partial charge < -0.3 is 10.6 Å². The molecule has 2 N–H and O–H groups in total. The van der Waals surface area contributed by atoms with E-state index in [4.69, 9.17) is 11.0 Å². The van der Waals surface area contributed by atoms with Crippen LogP contribution >= 0.6 is 0 Å². The van der Waals surface area contributed by atoms with Gasteiger partial charge in [-0.2, -0.15) is 5.26 Å². The average molecular weight is 257 g/mol. The van der Waals surface area contributed by atoms with Crippen LogP contribution in [-0.2, 0) is 0 Å². The molecule has 0 aliphatic heterocycles. The van der Waals surface area contributed by atoms with Gasteiger partial charge in [0, 0.05) is 13.1 Å². The van der Waals surface area contributed by atoms with Gasteiger partial charge in [-0.15, -0.1) is 0 Å². The fourth-order valence-electron chi connectivity index (χ4n) is 3.08. The number of nitriles is 1. The fourth-order valence-corrected chi connectivity index (χ4v) is 3.08. The summed E-state index contributed by atoms with van der Waals surface area (Å²) < 4.78 is 0. The molecule has 0 amide bonds. The Morgan fingerprint density at radius 1 is 1.32 bits per heavy atom. The molecule has 0 aromatic heterocycles. The zero-order valence-corrected chi connectivity index (χ0v) is 11.9. The number of benzene rings is 1. The van der Waals surface area contributed by atoms with Crippen molar-refractivity contribution in [3.63, 3.8) is 0 Å². The predicted molar refractivity (Wildman–Crippen MR) is 80.0 cm³/mol. The summed E-state index contributed by atoms with van der Waals surface area (Å²) in [7, 11) is 2.12. The largest absolute Gasteiger partial charge is 0.397 e. The summed E-state index contributed by atoms with van der Waals surface area (Å²) in [6, 6.07) is 8.30. The van der Waals surface area contributed by atoms with Crippen molar-refractivity contribution in [2.75, 3.05) is 17.7 Å². The summed E-state index contributed by atoms with van der Waals surface area (Å²) in [6.07, 6.45) is 6.43. The third kappa shape index (κ3) is 3.01. The van der Waals surface area contributed by atoms with E-state index in [1.54, 1.807) is 6.07 Å². The molecule has 1 aliphatic carbocycles. The minimum atomic E-state index is 0.582. The van der Waals surface area contributed by atoms with Crippen molar-refractivity contribution in [3.8, 4) is 6.07 Å². The molecule has 0 radical (unpaired) electrons. The monoisotopic (exact) mass is 257 g/mol. The van der Waals surface area contributed by atoms with Crippen LogP contribution in [0.3, 0.4) is 0 Å². The SMILES string of the molecule is CCC1CCC(N(C)c2ccc(C#N)cc2N)CC1. The molecule has 3 heteroatoms. The maximum absolute atomic E-state index is 8.88. The zero-order chi connectivity index (χ0) is 13.8. The third-order valence-corrected chi connectivity index (χ3v) is 4.48. The van der Waals surface area contributed by atoms with E-state index in [1.165, 1.54) is 32.1 Å². The lowest BCUT2D eigenvalue weighted by molar-refractivity contribution is 0.313. The molecule has 0 atom stereocenters. The summed E-state index contributed by atoms with van der Waals surface area (Å²) in [5.41, 5.74) is 8.46. The first-order valence-corrected chi connectivity index (χ1v) is 7.18. The van der Waals surface area contributed by atoms with Gasteiger partial charge in [0.2, 0.25) is 0 Å². The molecular formula is C16H23N3. The number of nitrogens with zero attached hydrogens (tertiary/aromatic N) is 2. The van der Waals surface area contributed by atoms with Gasteiger partial charge in [0.05, 0.1) is 23.0 Å². The maximum Gasteiger partial charge on any atom is 0.0992 e. The Kier molecular flexibility index (Phi) is 4.31. The van der Waals surface area contributed by atoms with Gasteiger partial charge >= 0.3 is 0 Å². The van der Waals surface area contributed by atoms with E-state index in [1.807, 2.05) is 12.1 Å². The quantitative estimate of drug-likeness (QED) is 0.842. The second-order valence-electron chi connectivity index (χ2n) is 5.58. The van der Waals surface area contributed by atoms with Gasteiger partial charge in [-0.25, -0.2) is 0 Å². The lowest BCUT2D eigenvalue weighted by Crippen LogP contribution is -2.35. The van der Waals surface area contributed by atoms with Crippen molar-refractivity contribution in [1.82, 2.24) is 0 Å². The Morgan fingerprint density at radius 3 is 2.53 bits per heavy atom. The number of hydrogen-bond acceptors (Lipinski definition) is 3. The second kappa shape index (κ2) is 5.97. The highest BCUT2D eigenvalue weighted by atomic mass is 15.1.